The van der Waals surface area contributed by atoms with Crippen LogP contribution in [0.5, 0.6) is 0 Å². The van der Waals surface area contributed by atoms with Crippen LogP contribution in [0.4, 0.5) is 0 Å². The Balaban J connectivity index is 2.01. The Morgan fingerprint density at radius 2 is 2.00 bits per heavy atom. The van der Waals surface area contributed by atoms with Gasteiger partial charge in [-0.2, -0.15) is 4.73 Å². The Bertz CT molecular complexity index is 712. The molecule has 0 bridgehead atoms. The highest BCUT2D eigenvalue weighted by atomic mass is 35.5. The summed E-state index contributed by atoms with van der Waals surface area (Å²) >= 11 is 13.2. The zero-order valence-electron chi connectivity index (χ0n) is 12.6. The van der Waals surface area contributed by atoms with Gasteiger partial charge in [0.05, 0.1) is 11.3 Å². The van der Waals surface area contributed by atoms with Crippen LogP contribution in [0.2, 0.25) is 10.0 Å². The highest BCUT2D eigenvalue weighted by Gasteiger charge is 2.21. The molecule has 0 aliphatic heterocycles. The molecule has 1 N–H and O–H groups in total. The third kappa shape index (κ3) is 4.77. The van der Waals surface area contributed by atoms with Crippen LogP contribution in [-0.4, -0.2) is 11.2 Å². The molecule has 23 heavy (non-hydrogen) atoms. The SMILES string of the molecule is C[C@@H](Sc1cccc[n+]1[O-])C(=O)N[C@H](C)c1ccc(Cl)cc1Cl. The van der Waals surface area contributed by atoms with Crippen molar-refractivity contribution in [1.82, 2.24) is 5.32 Å². The van der Waals surface area contributed by atoms with Gasteiger partial charge in [0.25, 0.3) is 5.03 Å². The van der Waals surface area contributed by atoms with Gasteiger partial charge in [-0.15, -0.1) is 0 Å². The lowest BCUT2D eigenvalue weighted by atomic mass is 10.1. The first kappa shape index (κ1) is 17.9. The minimum atomic E-state index is -0.411. The van der Waals surface area contributed by atoms with E-state index in [1.54, 1.807) is 43.3 Å². The fourth-order valence-electron chi connectivity index (χ4n) is 2.00. The van der Waals surface area contributed by atoms with Gasteiger partial charge in [-0.05, 0) is 49.4 Å². The van der Waals surface area contributed by atoms with Crippen LogP contribution in [0, 0.1) is 5.21 Å². The standard InChI is InChI=1S/C16H16Cl2N2O2S/c1-10(13-7-6-12(17)9-14(13)18)19-16(21)11(2)23-15-5-3-4-8-20(15)22/h3-11H,1-2H3,(H,19,21)/t10-,11-/m1/s1. The van der Waals surface area contributed by atoms with E-state index in [4.69, 9.17) is 23.2 Å². The molecule has 0 aliphatic carbocycles. The number of thioether (sulfide) groups is 1. The molecule has 4 nitrogen and oxygen atoms in total. The number of halogens is 2. The number of nitrogens with zero attached hydrogens (tertiary/aromatic N) is 1. The number of pyridine rings is 1. The van der Waals surface area contributed by atoms with Crippen molar-refractivity contribution >= 4 is 40.9 Å². The van der Waals surface area contributed by atoms with E-state index in [1.807, 2.05) is 6.92 Å². The van der Waals surface area contributed by atoms with Crippen molar-refractivity contribution < 1.29 is 9.52 Å². The van der Waals surface area contributed by atoms with Crippen molar-refractivity contribution in [3.05, 3.63) is 63.4 Å². The van der Waals surface area contributed by atoms with Crippen LogP contribution in [0.15, 0.2) is 47.6 Å². The molecule has 0 unspecified atom stereocenters. The first-order valence-electron chi connectivity index (χ1n) is 6.98. The number of aromatic nitrogens is 1. The quantitative estimate of drug-likeness (QED) is 0.491. The van der Waals surface area contributed by atoms with Crippen molar-refractivity contribution in [1.29, 1.82) is 0 Å². The molecule has 2 aromatic rings. The van der Waals surface area contributed by atoms with Gasteiger partial charge < -0.3 is 10.5 Å². The first-order chi connectivity index (χ1) is 10.9. The van der Waals surface area contributed by atoms with Gasteiger partial charge in [0.2, 0.25) is 5.91 Å². The summed E-state index contributed by atoms with van der Waals surface area (Å²) in [6.07, 6.45) is 1.41. The van der Waals surface area contributed by atoms with Gasteiger partial charge in [-0.25, -0.2) is 0 Å². The number of carbonyl (C=O) groups excluding carboxylic acids is 1. The van der Waals surface area contributed by atoms with Gasteiger partial charge >= 0.3 is 0 Å². The number of benzene rings is 1. The summed E-state index contributed by atoms with van der Waals surface area (Å²) in [6.45, 7) is 3.60. The molecule has 2 atom stereocenters. The predicted molar refractivity (Wildman–Crippen MR) is 93.7 cm³/mol. The van der Waals surface area contributed by atoms with Crippen molar-refractivity contribution in [3.63, 3.8) is 0 Å². The van der Waals surface area contributed by atoms with E-state index in [2.05, 4.69) is 5.32 Å². The van der Waals surface area contributed by atoms with Crippen LogP contribution < -0.4 is 10.0 Å². The van der Waals surface area contributed by atoms with E-state index in [0.717, 1.165) is 10.3 Å². The first-order valence-corrected chi connectivity index (χ1v) is 8.62. The second kappa shape index (κ2) is 7.90. The number of hydrogen-bond donors (Lipinski definition) is 1. The summed E-state index contributed by atoms with van der Waals surface area (Å²) in [6, 6.07) is 9.99. The summed E-state index contributed by atoms with van der Waals surface area (Å²) < 4.78 is 0.744. The van der Waals surface area contributed by atoms with Crippen LogP contribution in [0.3, 0.4) is 0 Å². The average molecular weight is 371 g/mol. The van der Waals surface area contributed by atoms with E-state index >= 15 is 0 Å². The Hall–Kier alpha value is -1.43. The van der Waals surface area contributed by atoms with Gasteiger partial charge in [0.15, 0.2) is 6.20 Å². The Kier molecular flexibility index (Phi) is 6.16. The van der Waals surface area contributed by atoms with E-state index in [-0.39, 0.29) is 11.9 Å². The molecule has 122 valence electrons. The lowest BCUT2D eigenvalue weighted by Gasteiger charge is -2.18. The number of hydrogen-bond acceptors (Lipinski definition) is 3. The fourth-order valence-corrected chi connectivity index (χ4v) is 3.43. The lowest BCUT2D eigenvalue weighted by molar-refractivity contribution is -0.645. The molecule has 0 spiro atoms. The second-order valence-electron chi connectivity index (χ2n) is 5.02. The van der Waals surface area contributed by atoms with Gasteiger partial charge in [0, 0.05) is 22.2 Å². The van der Waals surface area contributed by atoms with E-state index in [1.165, 1.54) is 18.0 Å². The number of carbonyl (C=O) groups is 1. The molecule has 7 heteroatoms. The van der Waals surface area contributed by atoms with Gasteiger partial charge in [0.1, 0.15) is 0 Å². The highest BCUT2D eigenvalue weighted by molar-refractivity contribution is 8.00. The zero-order chi connectivity index (χ0) is 17.0. The molecule has 0 radical (unpaired) electrons. The predicted octanol–water partition coefficient (Wildman–Crippen LogP) is 3.98. The third-order valence-electron chi connectivity index (χ3n) is 3.24. The topological polar surface area (TPSA) is 56.0 Å². The summed E-state index contributed by atoms with van der Waals surface area (Å²) in [4.78, 5) is 12.3. The monoisotopic (exact) mass is 370 g/mol. The molecule has 1 amide bonds. The van der Waals surface area contributed by atoms with Crippen molar-refractivity contribution in [3.8, 4) is 0 Å². The van der Waals surface area contributed by atoms with E-state index in [0.29, 0.717) is 15.1 Å². The summed E-state index contributed by atoms with van der Waals surface area (Å²) in [7, 11) is 0. The molecule has 0 saturated carbocycles. The number of amides is 1. The van der Waals surface area contributed by atoms with E-state index < -0.39 is 5.25 Å². The summed E-state index contributed by atoms with van der Waals surface area (Å²) in [5.41, 5.74) is 0.792. The Morgan fingerprint density at radius 3 is 2.65 bits per heavy atom. The van der Waals surface area contributed by atoms with Crippen molar-refractivity contribution in [2.45, 2.75) is 30.2 Å². The zero-order valence-corrected chi connectivity index (χ0v) is 15.0. The number of nitrogens with one attached hydrogen (secondary N) is 1. The molecule has 0 saturated heterocycles. The minimum Gasteiger partial charge on any atom is -0.618 e. The van der Waals surface area contributed by atoms with Crippen LogP contribution in [0.1, 0.15) is 25.5 Å². The molecule has 1 heterocycles. The van der Waals surface area contributed by atoms with Crippen LogP contribution in [0.25, 0.3) is 0 Å². The molecular weight excluding hydrogens is 355 g/mol. The summed E-state index contributed by atoms with van der Waals surface area (Å²) in [5.74, 6) is -0.169. The normalized spacial score (nSPS) is 13.4. The maximum absolute atomic E-state index is 12.3. The highest BCUT2D eigenvalue weighted by Crippen LogP contribution is 2.27. The Morgan fingerprint density at radius 1 is 1.26 bits per heavy atom. The van der Waals surface area contributed by atoms with Crippen molar-refractivity contribution in [2.24, 2.45) is 0 Å². The smallest absolute Gasteiger partial charge is 0.252 e. The summed E-state index contributed by atoms with van der Waals surface area (Å²) in [5, 5.41) is 15.6. The second-order valence-corrected chi connectivity index (χ2v) is 7.23. The van der Waals surface area contributed by atoms with Crippen LogP contribution in [-0.2, 0) is 4.79 Å². The third-order valence-corrected chi connectivity index (χ3v) is 4.93. The largest absolute Gasteiger partial charge is 0.618 e. The molecule has 1 aromatic heterocycles. The maximum atomic E-state index is 12.3. The average Bonchev–Trinajstić information content (AvgIpc) is 2.49. The maximum Gasteiger partial charge on any atom is 0.252 e. The van der Waals surface area contributed by atoms with Crippen molar-refractivity contribution in [2.75, 3.05) is 0 Å². The fraction of sp³-hybridized carbons (Fsp3) is 0.250. The Labute approximate surface area is 149 Å². The molecular formula is C16H16Cl2N2O2S. The molecule has 0 fully saturated rings. The van der Waals surface area contributed by atoms with Gasteiger partial charge in [-0.3, -0.25) is 4.79 Å². The van der Waals surface area contributed by atoms with Crippen LogP contribution >= 0.6 is 35.0 Å². The molecule has 1 aromatic carbocycles. The molecule has 0 aliphatic rings. The molecule has 2 rings (SSSR count). The lowest BCUT2D eigenvalue weighted by Crippen LogP contribution is -2.35. The van der Waals surface area contributed by atoms with E-state index in [9.17, 15) is 10.0 Å². The number of rotatable bonds is 5. The van der Waals surface area contributed by atoms with Gasteiger partial charge in [-0.1, -0.05) is 29.3 Å². The minimum absolute atomic E-state index is 0.169.